The van der Waals surface area contributed by atoms with Crippen LogP contribution in [0.15, 0.2) is 21.2 Å². The largest absolute Gasteiger partial charge is 0.452 e. The summed E-state index contributed by atoms with van der Waals surface area (Å²) in [5.41, 5.74) is 5.65. The number of furan rings is 1. The molecule has 1 aromatic rings. The normalized spacial score (nSPS) is 20.1. The van der Waals surface area contributed by atoms with Crippen LogP contribution in [-0.4, -0.2) is 24.0 Å². The summed E-state index contributed by atoms with van der Waals surface area (Å²) in [5.74, 6) is 0.672. The molecule has 0 aliphatic carbocycles. The van der Waals surface area contributed by atoms with Crippen LogP contribution in [0.5, 0.6) is 0 Å². The van der Waals surface area contributed by atoms with Crippen LogP contribution >= 0.6 is 15.9 Å². The van der Waals surface area contributed by atoms with Crippen molar-refractivity contribution in [3.8, 4) is 6.07 Å². The van der Waals surface area contributed by atoms with E-state index in [1.54, 1.807) is 6.07 Å². The molecule has 1 fully saturated rings. The van der Waals surface area contributed by atoms with Crippen molar-refractivity contribution in [2.24, 2.45) is 5.73 Å². The van der Waals surface area contributed by atoms with Crippen LogP contribution in [0.1, 0.15) is 11.8 Å². The minimum absolute atomic E-state index is 0.198. The fraction of sp³-hybridized carbons (Fsp3) is 0.444. The van der Waals surface area contributed by atoms with Gasteiger partial charge in [-0.25, -0.2) is 0 Å². The molecule has 0 unspecified atom stereocenters. The Hall–Kier alpha value is -0.830. The van der Waals surface area contributed by atoms with Crippen molar-refractivity contribution in [2.75, 3.05) is 13.1 Å². The van der Waals surface area contributed by atoms with E-state index >= 15 is 0 Å². The summed E-state index contributed by atoms with van der Waals surface area (Å²) < 4.78 is 5.99. The molecule has 1 aliphatic rings. The summed E-state index contributed by atoms with van der Waals surface area (Å²) in [6, 6.07) is 5.70. The monoisotopic (exact) mass is 255 g/mol. The topological polar surface area (TPSA) is 66.2 Å². The Morgan fingerprint density at radius 2 is 2.36 bits per heavy atom. The van der Waals surface area contributed by atoms with Crippen LogP contribution in [0.2, 0.25) is 0 Å². The lowest BCUT2D eigenvalue weighted by Crippen LogP contribution is -2.56. The third kappa shape index (κ3) is 1.69. The highest BCUT2D eigenvalue weighted by molar-refractivity contribution is 9.10. The zero-order valence-electron chi connectivity index (χ0n) is 7.48. The first-order valence-corrected chi connectivity index (χ1v) is 5.14. The summed E-state index contributed by atoms with van der Waals surface area (Å²) in [7, 11) is 0. The van der Waals surface area contributed by atoms with E-state index in [-0.39, 0.29) is 12.1 Å². The Labute approximate surface area is 90.4 Å². The number of nitriles is 1. The summed E-state index contributed by atoms with van der Waals surface area (Å²) in [5, 5.41) is 9.00. The lowest BCUT2D eigenvalue weighted by Gasteiger charge is -2.38. The molecule has 0 spiro atoms. The molecule has 5 heteroatoms. The molecule has 0 bridgehead atoms. The van der Waals surface area contributed by atoms with Crippen molar-refractivity contribution in [3.63, 3.8) is 0 Å². The van der Waals surface area contributed by atoms with E-state index in [1.807, 2.05) is 11.0 Å². The molecule has 2 N–H and O–H groups in total. The fourth-order valence-electron chi connectivity index (χ4n) is 1.56. The second-order valence-corrected chi connectivity index (χ2v) is 4.17. The Kier molecular flexibility index (Phi) is 2.59. The van der Waals surface area contributed by atoms with E-state index in [1.165, 1.54) is 0 Å². The lowest BCUT2D eigenvalue weighted by atomic mass is 10.1. The van der Waals surface area contributed by atoms with Crippen molar-refractivity contribution in [1.82, 2.24) is 4.90 Å². The Balaban J connectivity index is 2.11. The van der Waals surface area contributed by atoms with E-state index in [0.717, 1.165) is 13.1 Å². The average Bonchev–Trinajstić information content (AvgIpc) is 2.50. The van der Waals surface area contributed by atoms with Gasteiger partial charge in [-0.05, 0) is 28.1 Å². The predicted octanol–water partition coefficient (Wildman–Crippen LogP) is 1.25. The number of halogens is 1. The number of nitrogens with zero attached hydrogens (tertiary/aromatic N) is 2. The Bertz CT molecular complexity index is 364. The molecule has 0 saturated carbocycles. The van der Waals surface area contributed by atoms with Crippen molar-refractivity contribution < 1.29 is 4.42 Å². The van der Waals surface area contributed by atoms with Gasteiger partial charge in [0.05, 0.1) is 6.07 Å². The Morgan fingerprint density at radius 1 is 1.64 bits per heavy atom. The smallest absolute Gasteiger partial charge is 0.169 e. The highest BCUT2D eigenvalue weighted by Gasteiger charge is 2.32. The van der Waals surface area contributed by atoms with Gasteiger partial charge in [-0.2, -0.15) is 5.26 Å². The molecule has 0 radical (unpaired) electrons. The van der Waals surface area contributed by atoms with Crippen LogP contribution in [0.25, 0.3) is 0 Å². The van der Waals surface area contributed by atoms with Crippen molar-refractivity contribution in [3.05, 3.63) is 22.6 Å². The number of hydrogen-bond donors (Lipinski definition) is 1. The van der Waals surface area contributed by atoms with Crippen molar-refractivity contribution in [1.29, 1.82) is 5.26 Å². The molecule has 0 aromatic carbocycles. The van der Waals surface area contributed by atoms with Gasteiger partial charge in [0.15, 0.2) is 10.7 Å². The molecule has 14 heavy (non-hydrogen) atoms. The van der Waals surface area contributed by atoms with Crippen LogP contribution in [-0.2, 0) is 0 Å². The minimum atomic E-state index is -0.305. The van der Waals surface area contributed by atoms with E-state index in [0.29, 0.717) is 10.4 Å². The number of likely N-dealkylation sites (tertiary alicyclic amines) is 1. The van der Waals surface area contributed by atoms with Crippen LogP contribution < -0.4 is 5.73 Å². The number of rotatable bonds is 2. The van der Waals surface area contributed by atoms with Gasteiger partial charge in [0, 0.05) is 19.1 Å². The molecule has 2 rings (SSSR count). The summed E-state index contributed by atoms with van der Waals surface area (Å²) in [6.07, 6.45) is 0. The zero-order chi connectivity index (χ0) is 10.1. The van der Waals surface area contributed by atoms with Gasteiger partial charge < -0.3 is 10.2 Å². The SMILES string of the molecule is N#C[C@@H](c1ccc(Br)o1)N1CC(N)C1. The van der Waals surface area contributed by atoms with E-state index < -0.39 is 0 Å². The van der Waals surface area contributed by atoms with E-state index in [2.05, 4.69) is 22.0 Å². The molecule has 0 amide bonds. The van der Waals surface area contributed by atoms with Crippen molar-refractivity contribution >= 4 is 15.9 Å². The molecule has 74 valence electrons. The third-order valence-electron chi connectivity index (χ3n) is 2.29. The molecule has 4 nitrogen and oxygen atoms in total. The first-order chi connectivity index (χ1) is 6.70. The van der Waals surface area contributed by atoms with Gasteiger partial charge in [0.25, 0.3) is 0 Å². The molecule has 1 saturated heterocycles. The van der Waals surface area contributed by atoms with Gasteiger partial charge in [0.1, 0.15) is 5.76 Å². The maximum atomic E-state index is 9.00. The van der Waals surface area contributed by atoms with Crippen LogP contribution in [0, 0.1) is 11.3 Å². The van der Waals surface area contributed by atoms with Gasteiger partial charge in [0.2, 0.25) is 0 Å². The van der Waals surface area contributed by atoms with Gasteiger partial charge in [-0.3, -0.25) is 4.90 Å². The molecule has 1 aromatic heterocycles. The molecular formula is C9H10BrN3O. The Morgan fingerprint density at radius 3 is 2.79 bits per heavy atom. The highest BCUT2D eigenvalue weighted by Crippen LogP contribution is 2.27. The quantitative estimate of drug-likeness (QED) is 0.864. The molecule has 1 atom stereocenters. The van der Waals surface area contributed by atoms with Gasteiger partial charge in [-0.15, -0.1) is 0 Å². The van der Waals surface area contributed by atoms with E-state index in [9.17, 15) is 0 Å². The lowest BCUT2D eigenvalue weighted by molar-refractivity contribution is 0.109. The fourth-order valence-corrected chi connectivity index (χ4v) is 1.88. The standard InChI is InChI=1S/C9H10BrN3O/c10-9-2-1-8(14-9)7(3-11)13-4-6(12)5-13/h1-2,6-7H,4-5,12H2/t7-/m0/s1. The summed E-state index contributed by atoms with van der Waals surface area (Å²) in [4.78, 5) is 2.00. The first-order valence-electron chi connectivity index (χ1n) is 4.35. The maximum Gasteiger partial charge on any atom is 0.169 e. The molecule has 2 heterocycles. The first kappa shape index (κ1) is 9.71. The van der Waals surface area contributed by atoms with Crippen molar-refractivity contribution in [2.45, 2.75) is 12.1 Å². The van der Waals surface area contributed by atoms with Crippen LogP contribution in [0.3, 0.4) is 0 Å². The second-order valence-electron chi connectivity index (χ2n) is 3.39. The molecular weight excluding hydrogens is 246 g/mol. The zero-order valence-corrected chi connectivity index (χ0v) is 9.07. The summed E-state index contributed by atoms with van der Waals surface area (Å²) >= 11 is 3.21. The van der Waals surface area contributed by atoms with Crippen LogP contribution in [0.4, 0.5) is 0 Å². The second kappa shape index (κ2) is 3.73. The van der Waals surface area contributed by atoms with Gasteiger partial charge >= 0.3 is 0 Å². The molecule has 1 aliphatic heterocycles. The highest BCUT2D eigenvalue weighted by atomic mass is 79.9. The maximum absolute atomic E-state index is 9.00. The summed E-state index contributed by atoms with van der Waals surface area (Å²) in [6.45, 7) is 1.52. The number of hydrogen-bond acceptors (Lipinski definition) is 4. The van der Waals surface area contributed by atoms with E-state index in [4.69, 9.17) is 15.4 Å². The average molecular weight is 256 g/mol. The minimum Gasteiger partial charge on any atom is -0.452 e. The predicted molar refractivity (Wildman–Crippen MR) is 54.3 cm³/mol. The number of nitrogens with two attached hydrogens (primary N) is 1. The van der Waals surface area contributed by atoms with Gasteiger partial charge in [-0.1, -0.05) is 0 Å². The third-order valence-corrected chi connectivity index (χ3v) is 2.72.